The average Bonchev–Trinajstić information content (AvgIpc) is 2.86. The number of fused-ring (bicyclic) bond motifs is 2. The number of benzene rings is 1. The topological polar surface area (TPSA) is 44.8 Å². The standard InChI is InChI=1S/C26H33IO4/c1-8-19-15-21-22(30-23-11-9-17(2)18(3)25(23)27(21)7)12-10-20(19)13-14-29-16-24(28)31-26(4,5)6/h9-15,19H,8,16H2,1-7H3/b14-13+. The van der Waals surface area contributed by atoms with Crippen molar-refractivity contribution in [3.63, 3.8) is 0 Å². The van der Waals surface area contributed by atoms with Gasteiger partial charge in [-0.25, -0.2) is 0 Å². The third kappa shape index (κ3) is 5.62. The second kappa shape index (κ2) is 9.63. The van der Waals surface area contributed by atoms with Crippen molar-refractivity contribution in [2.45, 2.75) is 53.6 Å². The van der Waals surface area contributed by atoms with E-state index in [0.29, 0.717) is 0 Å². The molecule has 0 spiro atoms. The Bertz CT molecular complexity index is 976. The van der Waals surface area contributed by atoms with Crippen molar-refractivity contribution in [1.82, 2.24) is 0 Å². The van der Waals surface area contributed by atoms with E-state index in [1.165, 1.54) is 18.3 Å². The van der Waals surface area contributed by atoms with Crippen LogP contribution in [0.15, 0.2) is 57.6 Å². The molecule has 0 bridgehead atoms. The monoisotopic (exact) mass is 536 g/mol. The predicted octanol–water partition coefficient (Wildman–Crippen LogP) is 6.61. The van der Waals surface area contributed by atoms with Gasteiger partial charge in [-0.1, -0.05) is 0 Å². The average molecular weight is 536 g/mol. The number of carbonyl (C=O) groups excluding carboxylic acids is 1. The number of carbonyl (C=O) groups is 1. The van der Waals surface area contributed by atoms with E-state index < -0.39 is 25.4 Å². The normalized spacial score (nSPS) is 19.4. The van der Waals surface area contributed by atoms with E-state index in [1.807, 2.05) is 26.8 Å². The summed E-state index contributed by atoms with van der Waals surface area (Å²) in [5, 5.41) is 0. The van der Waals surface area contributed by atoms with Crippen LogP contribution in [0.5, 0.6) is 5.75 Å². The van der Waals surface area contributed by atoms with Gasteiger partial charge in [0, 0.05) is 0 Å². The predicted molar refractivity (Wildman–Crippen MR) is 134 cm³/mol. The summed E-state index contributed by atoms with van der Waals surface area (Å²) in [6.07, 6.45) is 11.1. The molecule has 0 fully saturated rings. The zero-order valence-electron chi connectivity index (χ0n) is 19.5. The molecule has 1 atom stereocenters. The third-order valence-corrected chi connectivity index (χ3v) is 10.9. The van der Waals surface area contributed by atoms with E-state index in [2.05, 4.69) is 56.1 Å². The van der Waals surface area contributed by atoms with Gasteiger partial charge in [0.05, 0.1) is 0 Å². The Kier molecular flexibility index (Phi) is 7.35. The fourth-order valence-corrected chi connectivity index (χ4v) is 8.97. The Morgan fingerprint density at radius 3 is 2.65 bits per heavy atom. The van der Waals surface area contributed by atoms with Gasteiger partial charge >= 0.3 is 194 Å². The number of halogens is 1. The van der Waals surface area contributed by atoms with Crippen LogP contribution < -0.4 is 4.74 Å². The Hall–Kier alpha value is -2.02. The van der Waals surface area contributed by atoms with Gasteiger partial charge in [-0.2, -0.15) is 0 Å². The van der Waals surface area contributed by atoms with Crippen molar-refractivity contribution in [3.05, 3.63) is 72.3 Å². The summed E-state index contributed by atoms with van der Waals surface area (Å²) in [4.78, 5) is 14.2. The molecule has 1 aliphatic carbocycles. The van der Waals surface area contributed by atoms with Crippen molar-refractivity contribution >= 4 is 25.8 Å². The molecule has 0 saturated carbocycles. The molecule has 1 heterocycles. The van der Waals surface area contributed by atoms with Crippen LogP contribution in [0.25, 0.3) is 0 Å². The third-order valence-electron chi connectivity index (χ3n) is 5.29. The van der Waals surface area contributed by atoms with Crippen LogP contribution in [0, 0.1) is 23.3 Å². The number of hydrogen-bond donors (Lipinski definition) is 0. The SMILES string of the molecule is CCC1C=C2C(=CC=C1/C=C/OCC(=O)OC(C)(C)C)Oc1ccc(C)c(C)c1I2C. The summed E-state index contributed by atoms with van der Waals surface area (Å²) in [5.41, 5.74) is 3.33. The molecule has 2 aliphatic rings. The summed E-state index contributed by atoms with van der Waals surface area (Å²) < 4.78 is 19.9. The number of ether oxygens (including phenoxy) is 3. The van der Waals surface area contributed by atoms with Crippen LogP contribution >= 0.6 is 19.8 Å². The fraction of sp³-hybridized carbons (Fsp3) is 0.423. The zero-order valence-corrected chi connectivity index (χ0v) is 21.7. The molecule has 0 aromatic heterocycles. The van der Waals surface area contributed by atoms with Crippen molar-refractivity contribution in [2.75, 3.05) is 11.5 Å². The van der Waals surface area contributed by atoms with E-state index in [1.54, 1.807) is 6.26 Å². The van der Waals surface area contributed by atoms with Gasteiger partial charge in [0.1, 0.15) is 0 Å². The van der Waals surface area contributed by atoms with E-state index in [0.717, 1.165) is 23.5 Å². The number of alkyl halides is 1. The number of rotatable bonds is 5. The Balaban J connectivity index is 1.79. The first-order chi connectivity index (χ1) is 14.6. The molecule has 4 nitrogen and oxygen atoms in total. The molecule has 0 radical (unpaired) electrons. The first-order valence-corrected chi connectivity index (χ1v) is 14.9. The molecule has 168 valence electrons. The van der Waals surface area contributed by atoms with Gasteiger partial charge in [0.2, 0.25) is 0 Å². The maximum absolute atomic E-state index is 11.8. The van der Waals surface area contributed by atoms with Crippen molar-refractivity contribution in [1.29, 1.82) is 0 Å². The second-order valence-electron chi connectivity index (χ2n) is 8.82. The number of hydrogen-bond acceptors (Lipinski definition) is 4. The summed E-state index contributed by atoms with van der Waals surface area (Å²) in [5.74, 6) is 1.90. The van der Waals surface area contributed by atoms with Crippen molar-refractivity contribution in [3.8, 4) is 5.75 Å². The fourth-order valence-electron chi connectivity index (χ4n) is 3.60. The van der Waals surface area contributed by atoms with Gasteiger partial charge in [0.15, 0.2) is 0 Å². The van der Waals surface area contributed by atoms with Gasteiger partial charge in [-0.05, 0) is 0 Å². The summed E-state index contributed by atoms with van der Waals surface area (Å²) in [7, 11) is 0. The van der Waals surface area contributed by atoms with E-state index in [9.17, 15) is 4.79 Å². The molecular weight excluding hydrogens is 503 g/mol. The van der Waals surface area contributed by atoms with Gasteiger partial charge < -0.3 is 0 Å². The van der Waals surface area contributed by atoms with Crippen LogP contribution in [0.3, 0.4) is 0 Å². The van der Waals surface area contributed by atoms with Crippen LogP contribution in [-0.2, 0) is 14.3 Å². The summed E-state index contributed by atoms with van der Waals surface area (Å²) in [6.45, 7) is 12.0. The van der Waals surface area contributed by atoms with E-state index in [4.69, 9.17) is 14.2 Å². The zero-order chi connectivity index (χ0) is 22.8. The molecule has 0 saturated heterocycles. The Labute approximate surface area is 193 Å². The van der Waals surface area contributed by atoms with E-state index in [-0.39, 0.29) is 18.5 Å². The minimum atomic E-state index is -1.57. The molecule has 1 aliphatic heterocycles. The van der Waals surface area contributed by atoms with Crippen molar-refractivity contribution < 1.29 is 19.0 Å². The van der Waals surface area contributed by atoms with Gasteiger partial charge in [0.25, 0.3) is 0 Å². The van der Waals surface area contributed by atoms with Crippen LogP contribution in [0.1, 0.15) is 45.2 Å². The number of aryl methyl sites for hydroxylation is 1. The molecule has 3 rings (SSSR count). The van der Waals surface area contributed by atoms with Crippen LogP contribution in [-0.4, -0.2) is 23.1 Å². The number of esters is 1. The quantitative estimate of drug-likeness (QED) is 0.184. The molecule has 1 aromatic rings. The summed E-state index contributed by atoms with van der Waals surface area (Å²) >= 11 is -1.57. The van der Waals surface area contributed by atoms with Gasteiger partial charge in [-0.15, -0.1) is 0 Å². The number of allylic oxidation sites excluding steroid dienone is 6. The molecule has 0 N–H and O–H groups in total. The second-order valence-corrected chi connectivity index (χ2v) is 13.8. The minimum absolute atomic E-state index is 0.0953. The molecule has 5 heteroatoms. The Morgan fingerprint density at radius 2 is 1.97 bits per heavy atom. The molecule has 1 aromatic carbocycles. The summed E-state index contributed by atoms with van der Waals surface area (Å²) in [6, 6.07) is 4.26. The van der Waals surface area contributed by atoms with E-state index >= 15 is 0 Å². The van der Waals surface area contributed by atoms with Gasteiger partial charge in [-0.3, -0.25) is 0 Å². The molecule has 0 amide bonds. The van der Waals surface area contributed by atoms with Crippen molar-refractivity contribution in [2.24, 2.45) is 5.92 Å². The van der Waals surface area contributed by atoms with Crippen LogP contribution in [0.2, 0.25) is 0 Å². The molecule has 31 heavy (non-hydrogen) atoms. The maximum atomic E-state index is 11.8. The first-order valence-electron chi connectivity index (χ1n) is 10.6. The molecule has 1 unspecified atom stereocenters. The Morgan fingerprint density at radius 1 is 1.23 bits per heavy atom. The molecular formula is C26H33IO4. The first kappa shape index (κ1) is 23.6. The van der Waals surface area contributed by atoms with Crippen LogP contribution in [0.4, 0.5) is 0 Å².